The molecule has 0 aromatic heterocycles. The van der Waals surface area contributed by atoms with Gasteiger partial charge in [0.15, 0.2) is 6.29 Å². The smallest absolute Gasteiger partial charge is 0.310 e. The third-order valence-electron chi connectivity index (χ3n) is 7.73. The van der Waals surface area contributed by atoms with Gasteiger partial charge in [-0.05, 0) is 38.5 Å². The monoisotopic (exact) mass is 664 g/mol. The predicted octanol–water partition coefficient (Wildman–Crippen LogP) is 6.40. The van der Waals surface area contributed by atoms with Gasteiger partial charge in [0, 0.05) is 6.61 Å². The molecule has 1 fully saturated rings. The molecule has 0 amide bonds. The lowest BCUT2D eigenvalue weighted by Crippen LogP contribution is -2.59. The molecule has 0 saturated carbocycles. The SMILES string of the molecule is CC/C=C\C/C=C\C/C=C\C/C=C\C/C=C\CC(=O)OC(COCCCCCCCCCCC)COC1OC(CO)C(O)C(O)C1O. The zero-order valence-corrected chi connectivity index (χ0v) is 29.0. The fraction of sp³-hybridized carbons (Fsp3) is 0.711. The van der Waals surface area contributed by atoms with Crippen molar-refractivity contribution in [3.05, 3.63) is 60.8 Å². The van der Waals surface area contributed by atoms with E-state index in [4.69, 9.17) is 18.9 Å². The Morgan fingerprint density at radius 1 is 0.681 bits per heavy atom. The molecule has 6 unspecified atom stereocenters. The van der Waals surface area contributed by atoms with E-state index in [-0.39, 0.29) is 19.6 Å². The van der Waals surface area contributed by atoms with Gasteiger partial charge in [-0.2, -0.15) is 0 Å². The molecule has 0 spiro atoms. The van der Waals surface area contributed by atoms with Crippen LogP contribution in [0.2, 0.25) is 0 Å². The fourth-order valence-electron chi connectivity index (χ4n) is 4.92. The summed E-state index contributed by atoms with van der Waals surface area (Å²) < 4.78 is 22.5. The van der Waals surface area contributed by atoms with Crippen molar-refractivity contribution in [2.45, 2.75) is 147 Å². The number of allylic oxidation sites excluding steroid dienone is 9. The van der Waals surface area contributed by atoms with Gasteiger partial charge in [-0.15, -0.1) is 0 Å². The van der Waals surface area contributed by atoms with Crippen LogP contribution in [0.15, 0.2) is 60.8 Å². The molecule has 4 N–H and O–H groups in total. The number of carbonyl (C=O) groups excluding carboxylic acids is 1. The number of aliphatic hydroxyl groups excluding tert-OH is 4. The number of hydrogen-bond donors (Lipinski definition) is 4. The number of unbranched alkanes of at least 4 members (excludes halogenated alkanes) is 8. The zero-order chi connectivity index (χ0) is 34.4. The summed E-state index contributed by atoms with van der Waals surface area (Å²) in [6.07, 6.45) is 28.5. The summed E-state index contributed by atoms with van der Waals surface area (Å²) >= 11 is 0. The highest BCUT2D eigenvalue weighted by Gasteiger charge is 2.44. The molecular formula is C38H64O9. The second kappa shape index (κ2) is 30.0. The molecule has 9 nitrogen and oxygen atoms in total. The van der Waals surface area contributed by atoms with Gasteiger partial charge in [-0.3, -0.25) is 4.79 Å². The number of esters is 1. The Kier molecular flexibility index (Phi) is 27.4. The van der Waals surface area contributed by atoms with Crippen LogP contribution >= 0.6 is 0 Å². The van der Waals surface area contributed by atoms with Gasteiger partial charge in [0.25, 0.3) is 0 Å². The molecule has 270 valence electrons. The van der Waals surface area contributed by atoms with Crippen molar-refractivity contribution in [1.29, 1.82) is 0 Å². The highest BCUT2D eigenvalue weighted by Crippen LogP contribution is 2.22. The number of carbonyl (C=O) groups is 1. The van der Waals surface area contributed by atoms with Crippen LogP contribution in [0.4, 0.5) is 0 Å². The van der Waals surface area contributed by atoms with Crippen molar-refractivity contribution >= 4 is 5.97 Å². The van der Waals surface area contributed by atoms with Gasteiger partial charge in [0.05, 0.1) is 26.2 Å². The van der Waals surface area contributed by atoms with E-state index < -0.39 is 49.4 Å². The lowest BCUT2D eigenvalue weighted by molar-refractivity contribution is -0.305. The third-order valence-corrected chi connectivity index (χ3v) is 7.73. The van der Waals surface area contributed by atoms with Crippen molar-refractivity contribution in [1.82, 2.24) is 0 Å². The first kappa shape index (κ1) is 42.9. The van der Waals surface area contributed by atoms with Crippen LogP contribution in [0.5, 0.6) is 0 Å². The molecule has 0 aliphatic carbocycles. The predicted molar refractivity (Wildman–Crippen MR) is 187 cm³/mol. The first-order valence-corrected chi connectivity index (χ1v) is 17.9. The molecule has 1 rings (SSSR count). The zero-order valence-electron chi connectivity index (χ0n) is 29.0. The fourth-order valence-corrected chi connectivity index (χ4v) is 4.92. The van der Waals surface area contributed by atoms with Crippen molar-refractivity contribution in [2.24, 2.45) is 0 Å². The summed E-state index contributed by atoms with van der Waals surface area (Å²) in [7, 11) is 0. The standard InChI is InChI=1S/C38H64O9/c1-3-5-7-9-11-13-14-15-16-17-18-19-21-23-25-27-34(40)46-32(30-44-28-26-24-22-20-12-10-8-6-4-2)31-45-38-37(43)36(42)35(41)33(29-39)47-38/h5,7,11,13,15-16,18-19,23,25,32-33,35-39,41-43H,3-4,6,8-10,12,14,17,20-22,24,26-31H2,1-2H3/b7-5-,13-11-,16-15-,19-18-,25-23-. The maximum atomic E-state index is 12.6. The molecule has 0 bridgehead atoms. The quantitative estimate of drug-likeness (QED) is 0.0426. The largest absolute Gasteiger partial charge is 0.457 e. The van der Waals surface area contributed by atoms with E-state index in [1.54, 1.807) is 6.08 Å². The Hall–Kier alpha value is -2.11. The van der Waals surface area contributed by atoms with Crippen LogP contribution in [0.3, 0.4) is 0 Å². The van der Waals surface area contributed by atoms with Crippen LogP contribution in [-0.4, -0.2) is 89.6 Å². The second-order valence-corrected chi connectivity index (χ2v) is 12.0. The van der Waals surface area contributed by atoms with Gasteiger partial charge in [0.1, 0.15) is 30.5 Å². The van der Waals surface area contributed by atoms with Crippen molar-refractivity contribution in [3.63, 3.8) is 0 Å². The van der Waals surface area contributed by atoms with Gasteiger partial charge in [-0.1, -0.05) is 126 Å². The molecule has 0 radical (unpaired) electrons. The second-order valence-electron chi connectivity index (χ2n) is 12.0. The summed E-state index contributed by atoms with van der Waals surface area (Å²) in [6.45, 7) is 4.27. The van der Waals surface area contributed by atoms with E-state index in [9.17, 15) is 25.2 Å². The van der Waals surface area contributed by atoms with Crippen LogP contribution in [0.1, 0.15) is 110 Å². The molecule has 1 heterocycles. The Labute approximate surface area is 284 Å². The molecule has 1 saturated heterocycles. The maximum absolute atomic E-state index is 12.6. The average molecular weight is 665 g/mol. The van der Waals surface area contributed by atoms with Crippen molar-refractivity contribution in [3.8, 4) is 0 Å². The summed E-state index contributed by atoms with van der Waals surface area (Å²) in [4.78, 5) is 12.6. The first-order chi connectivity index (χ1) is 22.9. The van der Waals surface area contributed by atoms with Gasteiger partial charge in [-0.25, -0.2) is 0 Å². The van der Waals surface area contributed by atoms with Gasteiger partial charge in [0.2, 0.25) is 0 Å². The first-order valence-electron chi connectivity index (χ1n) is 17.9. The topological polar surface area (TPSA) is 135 Å². The van der Waals surface area contributed by atoms with E-state index >= 15 is 0 Å². The molecule has 1 aliphatic heterocycles. The van der Waals surface area contributed by atoms with Crippen LogP contribution in [0, 0.1) is 0 Å². The highest BCUT2D eigenvalue weighted by molar-refractivity contribution is 5.71. The van der Waals surface area contributed by atoms with E-state index in [1.165, 1.54) is 44.9 Å². The highest BCUT2D eigenvalue weighted by atomic mass is 16.7. The molecule has 6 atom stereocenters. The lowest BCUT2D eigenvalue weighted by Gasteiger charge is -2.39. The summed E-state index contributed by atoms with van der Waals surface area (Å²) in [5, 5.41) is 39.8. The number of aliphatic hydroxyl groups is 4. The minimum atomic E-state index is -1.55. The minimum absolute atomic E-state index is 0.0856. The van der Waals surface area contributed by atoms with Crippen LogP contribution in [0.25, 0.3) is 0 Å². The van der Waals surface area contributed by atoms with Crippen molar-refractivity contribution < 1.29 is 44.2 Å². The van der Waals surface area contributed by atoms with Gasteiger partial charge >= 0.3 is 5.97 Å². The lowest BCUT2D eigenvalue weighted by atomic mass is 9.99. The molecular weight excluding hydrogens is 600 g/mol. The van der Waals surface area contributed by atoms with E-state index in [0.29, 0.717) is 13.0 Å². The Bertz CT molecular complexity index is 896. The average Bonchev–Trinajstić information content (AvgIpc) is 3.07. The third kappa shape index (κ3) is 22.2. The maximum Gasteiger partial charge on any atom is 0.310 e. The summed E-state index contributed by atoms with van der Waals surface area (Å²) in [5.74, 6) is -0.444. The molecule has 0 aromatic rings. The number of ether oxygens (including phenoxy) is 4. The summed E-state index contributed by atoms with van der Waals surface area (Å²) in [5.41, 5.74) is 0. The Morgan fingerprint density at radius 3 is 1.77 bits per heavy atom. The molecule has 1 aliphatic rings. The van der Waals surface area contributed by atoms with Crippen molar-refractivity contribution in [2.75, 3.05) is 26.4 Å². The normalized spacial score (nSPS) is 22.9. The number of hydrogen-bond acceptors (Lipinski definition) is 9. The van der Waals surface area contributed by atoms with E-state index in [0.717, 1.165) is 38.5 Å². The van der Waals surface area contributed by atoms with Crippen LogP contribution in [-0.2, 0) is 23.7 Å². The minimum Gasteiger partial charge on any atom is -0.457 e. The molecule has 47 heavy (non-hydrogen) atoms. The van der Waals surface area contributed by atoms with Crippen LogP contribution < -0.4 is 0 Å². The summed E-state index contributed by atoms with van der Waals surface area (Å²) in [6, 6.07) is 0. The van der Waals surface area contributed by atoms with E-state index in [1.807, 2.05) is 6.08 Å². The molecule has 9 heteroatoms. The van der Waals surface area contributed by atoms with Gasteiger partial charge < -0.3 is 39.4 Å². The Balaban J connectivity index is 2.44. The Morgan fingerprint density at radius 2 is 1.21 bits per heavy atom. The molecule has 0 aromatic carbocycles. The van der Waals surface area contributed by atoms with E-state index in [2.05, 4.69) is 62.5 Å². The number of rotatable bonds is 28.